The highest BCUT2D eigenvalue weighted by atomic mass is 16.3. The predicted octanol–water partition coefficient (Wildman–Crippen LogP) is 0.346. The van der Waals surface area contributed by atoms with E-state index >= 15 is 0 Å². The lowest BCUT2D eigenvalue weighted by molar-refractivity contribution is 0.0415. The molecule has 1 aliphatic rings. The number of fused-ring (bicyclic) bond motifs is 1. The van der Waals surface area contributed by atoms with Gasteiger partial charge in [0.25, 0.3) is 5.91 Å². The molecule has 0 bridgehead atoms. The number of nitrogens with zero attached hydrogens (tertiary/aromatic N) is 1. The first-order valence-corrected chi connectivity index (χ1v) is 4.86. The van der Waals surface area contributed by atoms with E-state index in [2.05, 4.69) is 15.3 Å². The first kappa shape index (κ1) is 9.11. The van der Waals surface area contributed by atoms with Crippen molar-refractivity contribution < 1.29 is 9.90 Å². The van der Waals surface area contributed by atoms with Crippen molar-refractivity contribution in [2.45, 2.75) is 5.72 Å². The molecular weight excluding hydrogens is 206 g/mol. The second-order valence-electron chi connectivity index (χ2n) is 3.65. The fraction of sp³-hybridized carbons (Fsp3) is 0.0909. The number of imidazole rings is 1. The van der Waals surface area contributed by atoms with Gasteiger partial charge in [-0.1, -0.05) is 18.2 Å². The summed E-state index contributed by atoms with van der Waals surface area (Å²) in [6.07, 6.45) is 3.13. The van der Waals surface area contributed by atoms with Crippen LogP contribution in [0.2, 0.25) is 0 Å². The van der Waals surface area contributed by atoms with Crippen LogP contribution in [0.3, 0.4) is 0 Å². The molecule has 2 aromatic rings. The number of carbonyl (C=O) groups is 1. The van der Waals surface area contributed by atoms with Gasteiger partial charge in [-0.15, -0.1) is 0 Å². The Kier molecular flexibility index (Phi) is 1.67. The number of rotatable bonds is 1. The predicted molar refractivity (Wildman–Crippen MR) is 55.5 cm³/mol. The minimum atomic E-state index is -1.54. The van der Waals surface area contributed by atoms with Gasteiger partial charge in [-0.2, -0.15) is 0 Å². The molecule has 1 atom stereocenters. The zero-order valence-corrected chi connectivity index (χ0v) is 8.27. The van der Waals surface area contributed by atoms with Crippen molar-refractivity contribution in [2.24, 2.45) is 0 Å². The molecule has 1 aromatic carbocycles. The Hall–Kier alpha value is -2.14. The third-order valence-corrected chi connectivity index (χ3v) is 2.70. The van der Waals surface area contributed by atoms with Gasteiger partial charge in [-0.05, 0) is 6.07 Å². The summed E-state index contributed by atoms with van der Waals surface area (Å²) in [6, 6.07) is 6.90. The van der Waals surface area contributed by atoms with Gasteiger partial charge in [-0.25, -0.2) is 4.98 Å². The Morgan fingerprint density at radius 3 is 2.88 bits per heavy atom. The van der Waals surface area contributed by atoms with Crippen LogP contribution in [0.4, 0.5) is 0 Å². The van der Waals surface area contributed by atoms with Crippen molar-refractivity contribution in [3.05, 3.63) is 53.6 Å². The van der Waals surface area contributed by atoms with Gasteiger partial charge in [0.2, 0.25) is 5.72 Å². The van der Waals surface area contributed by atoms with Crippen molar-refractivity contribution in [3.8, 4) is 0 Å². The van der Waals surface area contributed by atoms with Crippen molar-refractivity contribution in [1.29, 1.82) is 0 Å². The normalized spacial score (nSPS) is 22.9. The smallest absolute Gasteiger partial charge is 0.254 e. The van der Waals surface area contributed by atoms with Crippen LogP contribution in [-0.4, -0.2) is 21.0 Å². The molecule has 2 heterocycles. The molecule has 5 heteroatoms. The second kappa shape index (κ2) is 2.93. The van der Waals surface area contributed by atoms with E-state index in [1.165, 1.54) is 6.20 Å². The van der Waals surface area contributed by atoms with Crippen molar-refractivity contribution in [2.75, 3.05) is 0 Å². The van der Waals surface area contributed by atoms with E-state index in [9.17, 15) is 9.90 Å². The molecule has 1 aliphatic heterocycles. The fourth-order valence-corrected chi connectivity index (χ4v) is 1.95. The van der Waals surface area contributed by atoms with Crippen molar-refractivity contribution >= 4 is 5.91 Å². The summed E-state index contributed by atoms with van der Waals surface area (Å²) in [5, 5.41) is 13.0. The molecule has 0 unspecified atom stereocenters. The lowest BCUT2D eigenvalue weighted by Gasteiger charge is -2.20. The minimum absolute atomic E-state index is 0.297. The third kappa shape index (κ3) is 1.03. The summed E-state index contributed by atoms with van der Waals surface area (Å²) in [5.41, 5.74) is -0.548. The average molecular weight is 215 g/mol. The molecule has 80 valence electrons. The van der Waals surface area contributed by atoms with Crippen LogP contribution in [0.25, 0.3) is 0 Å². The number of benzene rings is 1. The summed E-state index contributed by atoms with van der Waals surface area (Å²) in [5.74, 6) is 0.0142. The molecule has 0 spiro atoms. The molecule has 0 saturated carbocycles. The molecule has 5 nitrogen and oxygen atoms in total. The molecule has 0 saturated heterocycles. The number of hydrogen-bond acceptors (Lipinski definition) is 3. The Morgan fingerprint density at radius 2 is 2.12 bits per heavy atom. The molecule has 1 aromatic heterocycles. The van der Waals surface area contributed by atoms with E-state index in [1.807, 2.05) is 0 Å². The first-order chi connectivity index (χ1) is 7.72. The summed E-state index contributed by atoms with van der Waals surface area (Å²) in [6.45, 7) is 0. The van der Waals surface area contributed by atoms with Crippen LogP contribution in [0, 0.1) is 0 Å². The summed E-state index contributed by atoms with van der Waals surface area (Å²) in [7, 11) is 0. The molecule has 3 rings (SSSR count). The maximum absolute atomic E-state index is 11.7. The SMILES string of the molecule is O=C1N[C@](O)(c2ncc[nH]2)c2ccccc21. The molecule has 3 N–H and O–H groups in total. The van der Waals surface area contributed by atoms with Gasteiger partial charge in [0.15, 0.2) is 5.82 Å². The van der Waals surface area contributed by atoms with E-state index in [0.717, 1.165) is 0 Å². The van der Waals surface area contributed by atoms with Gasteiger partial charge in [-0.3, -0.25) is 4.79 Å². The Labute approximate surface area is 91.1 Å². The minimum Gasteiger partial charge on any atom is -0.361 e. The molecular formula is C11H9N3O2. The fourth-order valence-electron chi connectivity index (χ4n) is 1.95. The Balaban J connectivity index is 2.23. The van der Waals surface area contributed by atoms with E-state index in [4.69, 9.17) is 0 Å². The van der Waals surface area contributed by atoms with Gasteiger partial charge in [0, 0.05) is 23.5 Å². The first-order valence-electron chi connectivity index (χ1n) is 4.86. The average Bonchev–Trinajstić information content (AvgIpc) is 2.89. The maximum atomic E-state index is 11.7. The highest BCUT2D eigenvalue weighted by molar-refractivity contribution is 6.00. The lowest BCUT2D eigenvalue weighted by Crippen LogP contribution is -2.41. The van der Waals surface area contributed by atoms with Gasteiger partial charge < -0.3 is 15.4 Å². The van der Waals surface area contributed by atoms with E-state index in [1.54, 1.807) is 30.5 Å². The van der Waals surface area contributed by atoms with Crippen LogP contribution in [0.5, 0.6) is 0 Å². The van der Waals surface area contributed by atoms with Gasteiger partial charge >= 0.3 is 0 Å². The monoisotopic (exact) mass is 215 g/mol. The lowest BCUT2D eigenvalue weighted by atomic mass is 10.0. The molecule has 16 heavy (non-hydrogen) atoms. The number of aliphatic hydroxyl groups is 1. The number of H-pyrrole nitrogens is 1. The van der Waals surface area contributed by atoms with Gasteiger partial charge in [0.1, 0.15) is 0 Å². The van der Waals surface area contributed by atoms with Crippen LogP contribution < -0.4 is 5.32 Å². The van der Waals surface area contributed by atoms with E-state index < -0.39 is 5.72 Å². The largest absolute Gasteiger partial charge is 0.361 e. The van der Waals surface area contributed by atoms with Crippen LogP contribution in [0.1, 0.15) is 21.7 Å². The number of amides is 1. The number of aromatic nitrogens is 2. The van der Waals surface area contributed by atoms with Gasteiger partial charge in [0.05, 0.1) is 0 Å². The molecule has 0 aliphatic carbocycles. The zero-order valence-electron chi connectivity index (χ0n) is 8.27. The number of aromatic amines is 1. The van der Waals surface area contributed by atoms with E-state index in [-0.39, 0.29) is 5.91 Å². The number of carbonyl (C=O) groups excluding carboxylic acids is 1. The topological polar surface area (TPSA) is 78.0 Å². The Morgan fingerprint density at radius 1 is 1.31 bits per heavy atom. The highest BCUT2D eigenvalue weighted by Gasteiger charge is 2.44. The summed E-state index contributed by atoms with van der Waals surface area (Å²) in [4.78, 5) is 18.5. The molecule has 0 fully saturated rings. The third-order valence-electron chi connectivity index (χ3n) is 2.70. The quantitative estimate of drug-likeness (QED) is 0.642. The standard InChI is InChI=1S/C11H9N3O2/c15-9-7-3-1-2-4-8(7)11(16,14-9)10-12-5-6-13-10/h1-6,16H,(H,12,13)(H,14,15)/t11-/m1/s1. The highest BCUT2D eigenvalue weighted by Crippen LogP contribution is 2.32. The number of nitrogens with one attached hydrogen (secondary N) is 2. The van der Waals surface area contributed by atoms with Crippen molar-refractivity contribution in [3.63, 3.8) is 0 Å². The molecule has 0 radical (unpaired) electrons. The summed E-state index contributed by atoms with van der Waals surface area (Å²) >= 11 is 0. The van der Waals surface area contributed by atoms with Crippen LogP contribution in [-0.2, 0) is 5.72 Å². The molecule has 1 amide bonds. The van der Waals surface area contributed by atoms with Crippen LogP contribution in [0.15, 0.2) is 36.7 Å². The number of hydrogen-bond donors (Lipinski definition) is 3. The maximum Gasteiger partial charge on any atom is 0.254 e. The second-order valence-corrected chi connectivity index (χ2v) is 3.65. The van der Waals surface area contributed by atoms with Crippen molar-refractivity contribution in [1.82, 2.24) is 15.3 Å². The Bertz CT molecular complexity index is 550. The zero-order chi connectivity index (χ0) is 11.2. The summed E-state index contributed by atoms with van der Waals surface area (Å²) < 4.78 is 0. The van der Waals surface area contributed by atoms with Crippen LogP contribution >= 0.6 is 0 Å². The van der Waals surface area contributed by atoms with E-state index in [0.29, 0.717) is 17.0 Å².